The standard InChI is InChI=1S/C16H24N4O/c1-4-20-16(18-12-19-20)11-21-15-7-5-6-14(8-15)10-17-9-13(2)3/h5-8,12-13,17H,4,9-11H2,1-3H3. The molecule has 1 N–H and O–H groups in total. The van der Waals surface area contributed by atoms with Crippen LogP contribution >= 0.6 is 0 Å². The predicted octanol–water partition coefficient (Wildman–Crippen LogP) is 2.62. The molecule has 0 fully saturated rings. The number of aromatic nitrogens is 3. The summed E-state index contributed by atoms with van der Waals surface area (Å²) in [4.78, 5) is 4.21. The molecule has 0 amide bonds. The predicted molar refractivity (Wildman–Crippen MR) is 83.0 cm³/mol. The van der Waals surface area contributed by atoms with Crippen molar-refractivity contribution in [3.05, 3.63) is 42.0 Å². The lowest BCUT2D eigenvalue weighted by molar-refractivity contribution is 0.287. The second-order valence-electron chi connectivity index (χ2n) is 5.45. The zero-order chi connectivity index (χ0) is 15.1. The van der Waals surface area contributed by atoms with Gasteiger partial charge >= 0.3 is 0 Å². The van der Waals surface area contributed by atoms with E-state index in [0.717, 1.165) is 31.2 Å². The molecule has 0 bridgehead atoms. The Balaban J connectivity index is 1.89. The first-order valence-corrected chi connectivity index (χ1v) is 7.48. The van der Waals surface area contributed by atoms with E-state index < -0.39 is 0 Å². The zero-order valence-electron chi connectivity index (χ0n) is 13.0. The molecule has 1 heterocycles. The van der Waals surface area contributed by atoms with Crippen molar-refractivity contribution >= 4 is 0 Å². The van der Waals surface area contributed by atoms with Gasteiger partial charge in [0.1, 0.15) is 18.7 Å². The smallest absolute Gasteiger partial charge is 0.164 e. The SMILES string of the molecule is CCn1ncnc1COc1cccc(CNCC(C)C)c1. The summed E-state index contributed by atoms with van der Waals surface area (Å²) < 4.78 is 7.65. The zero-order valence-corrected chi connectivity index (χ0v) is 13.0. The topological polar surface area (TPSA) is 52.0 Å². The second kappa shape index (κ2) is 7.78. The molecule has 0 spiro atoms. The highest BCUT2D eigenvalue weighted by Crippen LogP contribution is 2.14. The summed E-state index contributed by atoms with van der Waals surface area (Å²) in [6, 6.07) is 8.17. The lowest BCUT2D eigenvalue weighted by Crippen LogP contribution is -2.18. The van der Waals surface area contributed by atoms with E-state index in [1.54, 1.807) is 6.33 Å². The molecule has 0 aliphatic carbocycles. The Labute approximate surface area is 126 Å². The van der Waals surface area contributed by atoms with Gasteiger partial charge in [-0.3, -0.25) is 0 Å². The van der Waals surface area contributed by atoms with E-state index in [2.05, 4.69) is 41.4 Å². The van der Waals surface area contributed by atoms with Crippen LogP contribution in [0.4, 0.5) is 0 Å². The average molecular weight is 288 g/mol. The Morgan fingerprint density at radius 1 is 1.33 bits per heavy atom. The van der Waals surface area contributed by atoms with Crippen molar-refractivity contribution in [3.63, 3.8) is 0 Å². The van der Waals surface area contributed by atoms with Gasteiger partial charge in [0, 0.05) is 13.1 Å². The summed E-state index contributed by atoms with van der Waals surface area (Å²) in [5, 5.41) is 7.57. The number of ether oxygens (including phenoxy) is 1. The molecule has 21 heavy (non-hydrogen) atoms. The minimum absolute atomic E-state index is 0.441. The number of nitrogens with zero attached hydrogens (tertiary/aromatic N) is 3. The molecule has 0 radical (unpaired) electrons. The molecule has 1 aromatic heterocycles. The minimum atomic E-state index is 0.441. The van der Waals surface area contributed by atoms with Gasteiger partial charge in [0.2, 0.25) is 0 Å². The van der Waals surface area contributed by atoms with Gasteiger partial charge in [0.25, 0.3) is 0 Å². The molecule has 5 heteroatoms. The van der Waals surface area contributed by atoms with Crippen molar-refractivity contribution in [2.24, 2.45) is 5.92 Å². The van der Waals surface area contributed by atoms with E-state index in [-0.39, 0.29) is 0 Å². The molecule has 0 unspecified atom stereocenters. The van der Waals surface area contributed by atoms with Gasteiger partial charge in [0.05, 0.1) is 0 Å². The Morgan fingerprint density at radius 2 is 2.19 bits per heavy atom. The van der Waals surface area contributed by atoms with Crippen molar-refractivity contribution in [3.8, 4) is 5.75 Å². The normalized spacial score (nSPS) is 11.0. The average Bonchev–Trinajstić information content (AvgIpc) is 2.92. The maximum Gasteiger partial charge on any atom is 0.164 e. The van der Waals surface area contributed by atoms with Gasteiger partial charge in [0.15, 0.2) is 5.82 Å². The van der Waals surface area contributed by atoms with E-state index in [0.29, 0.717) is 12.5 Å². The van der Waals surface area contributed by atoms with E-state index in [9.17, 15) is 0 Å². The third kappa shape index (κ3) is 4.86. The van der Waals surface area contributed by atoms with Crippen LogP contribution in [0.3, 0.4) is 0 Å². The van der Waals surface area contributed by atoms with E-state index in [4.69, 9.17) is 4.74 Å². The summed E-state index contributed by atoms with van der Waals surface area (Å²) in [5.74, 6) is 2.37. The Bertz CT molecular complexity index is 551. The molecule has 0 aliphatic rings. The molecule has 1 aromatic carbocycles. The van der Waals surface area contributed by atoms with Crippen LogP contribution in [0.5, 0.6) is 5.75 Å². The monoisotopic (exact) mass is 288 g/mol. The Hall–Kier alpha value is -1.88. The van der Waals surface area contributed by atoms with Gasteiger partial charge in [-0.25, -0.2) is 9.67 Å². The highest BCUT2D eigenvalue weighted by atomic mass is 16.5. The maximum absolute atomic E-state index is 5.81. The van der Waals surface area contributed by atoms with Crippen LogP contribution in [0.25, 0.3) is 0 Å². The summed E-state index contributed by atoms with van der Waals surface area (Å²) in [5.41, 5.74) is 1.23. The summed E-state index contributed by atoms with van der Waals surface area (Å²) in [6.45, 7) is 9.58. The van der Waals surface area contributed by atoms with Crippen LogP contribution in [-0.2, 0) is 19.7 Å². The van der Waals surface area contributed by atoms with Crippen LogP contribution in [0.15, 0.2) is 30.6 Å². The molecule has 0 saturated heterocycles. The first kappa shape index (κ1) is 15.5. The van der Waals surface area contributed by atoms with E-state index in [1.165, 1.54) is 5.56 Å². The van der Waals surface area contributed by atoms with Crippen LogP contribution in [0, 0.1) is 5.92 Å². The fourth-order valence-electron chi connectivity index (χ4n) is 2.06. The summed E-state index contributed by atoms with van der Waals surface area (Å²) in [6.07, 6.45) is 1.56. The lowest BCUT2D eigenvalue weighted by Gasteiger charge is -2.10. The third-order valence-corrected chi connectivity index (χ3v) is 3.14. The number of hydrogen-bond acceptors (Lipinski definition) is 4. The molecule has 5 nitrogen and oxygen atoms in total. The first-order chi connectivity index (χ1) is 10.2. The number of nitrogens with one attached hydrogen (secondary N) is 1. The number of rotatable bonds is 8. The summed E-state index contributed by atoms with van der Waals surface area (Å²) >= 11 is 0. The number of hydrogen-bond donors (Lipinski definition) is 1. The van der Waals surface area contributed by atoms with Crippen molar-refractivity contribution in [2.45, 2.75) is 40.5 Å². The van der Waals surface area contributed by atoms with Crippen LogP contribution in [0.2, 0.25) is 0 Å². The molecule has 0 aliphatic heterocycles. The molecule has 0 atom stereocenters. The molecular formula is C16H24N4O. The van der Waals surface area contributed by atoms with Gasteiger partial charge in [-0.2, -0.15) is 5.10 Å². The highest BCUT2D eigenvalue weighted by Gasteiger charge is 2.04. The Morgan fingerprint density at radius 3 is 2.95 bits per heavy atom. The summed E-state index contributed by atoms with van der Waals surface area (Å²) in [7, 11) is 0. The highest BCUT2D eigenvalue weighted by molar-refractivity contribution is 5.28. The second-order valence-corrected chi connectivity index (χ2v) is 5.45. The van der Waals surface area contributed by atoms with Crippen LogP contribution in [-0.4, -0.2) is 21.3 Å². The van der Waals surface area contributed by atoms with Crippen molar-refractivity contribution < 1.29 is 4.74 Å². The van der Waals surface area contributed by atoms with E-state index >= 15 is 0 Å². The third-order valence-electron chi connectivity index (χ3n) is 3.14. The van der Waals surface area contributed by atoms with Crippen molar-refractivity contribution in [2.75, 3.05) is 6.54 Å². The molecule has 0 saturated carbocycles. The molecule has 2 aromatic rings. The number of aryl methyl sites for hydroxylation is 1. The van der Waals surface area contributed by atoms with Crippen molar-refractivity contribution in [1.29, 1.82) is 0 Å². The molecule has 114 valence electrons. The van der Waals surface area contributed by atoms with Crippen LogP contribution in [0.1, 0.15) is 32.2 Å². The minimum Gasteiger partial charge on any atom is -0.486 e. The van der Waals surface area contributed by atoms with Gasteiger partial charge in [-0.15, -0.1) is 0 Å². The quantitative estimate of drug-likeness (QED) is 0.811. The van der Waals surface area contributed by atoms with Crippen molar-refractivity contribution in [1.82, 2.24) is 20.1 Å². The number of benzene rings is 1. The largest absolute Gasteiger partial charge is 0.486 e. The fourth-order valence-corrected chi connectivity index (χ4v) is 2.06. The fraction of sp³-hybridized carbons (Fsp3) is 0.500. The van der Waals surface area contributed by atoms with Crippen LogP contribution < -0.4 is 10.1 Å². The maximum atomic E-state index is 5.81. The molecule has 2 rings (SSSR count). The first-order valence-electron chi connectivity index (χ1n) is 7.48. The van der Waals surface area contributed by atoms with Gasteiger partial charge in [-0.1, -0.05) is 26.0 Å². The van der Waals surface area contributed by atoms with Gasteiger partial charge < -0.3 is 10.1 Å². The van der Waals surface area contributed by atoms with E-state index in [1.807, 2.05) is 23.7 Å². The molecular weight excluding hydrogens is 264 g/mol. The lowest BCUT2D eigenvalue weighted by atomic mass is 10.2. The van der Waals surface area contributed by atoms with Gasteiger partial charge in [-0.05, 0) is 37.1 Å². The Kier molecular flexibility index (Phi) is 5.75.